The summed E-state index contributed by atoms with van der Waals surface area (Å²) in [6.07, 6.45) is -1.23. The van der Waals surface area contributed by atoms with Crippen LogP contribution in [0.5, 0.6) is 0 Å². The molecule has 0 rings (SSSR count). The monoisotopic (exact) mass is 281 g/mol. The molecular weight excluding hydrogens is 277 g/mol. The van der Waals surface area contributed by atoms with Gasteiger partial charge in [-0.25, -0.2) is 4.79 Å². The van der Waals surface area contributed by atoms with Crippen LogP contribution in [0.1, 0.15) is 6.92 Å². The third kappa shape index (κ3) is 51.8. The van der Waals surface area contributed by atoms with Crippen LogP contribution in [0, 0.1) is 10.1 Å². The largest absolute Gasteiger partial charge is 2.00 e. The molecule has 0 amide bonds. The zero-order valence-electron chi connectivity index (χ0n) is 6.51. The summed E-state index contributed by atoms with van der Waals surface area (Å²) in [4.78, 5) is 17.8. The van der Waals surface area contributed by atoms with Gasteiger partial charge in [0.1, 0.15) is 6.10 Å². The molecule has 0 saturated heterocycles. The second-order valence-electron chi connectivity index (χ2n) is 1.25. The minimum Gasteiger partial charge on any atom is -0.479 e. The molecule has 9 heteroatoms. The zero-order chi connectivity index (χ0) is 8.73. The number of hydrogen-bond acceptors (Lipinski definition) is 4. The van der Waals surface area contributed by atoms with Crippen molar-refractivity contribution >= 4 is 5.97 Å². The predicted molar refractivity (Wildman–Crippen MR) is 28.1 cm³/mol. The van der Waals surface area contributed by atoms with Crippen LogP contribution in [0.4, 0.5) is 0 Å². The Morgan fingerprint density at radius 3 is 1.58 bits per heavy atom. The van der Waals surface area contributed by atoms with Crippen molar-refractivity contribution in [1.29, 1.82) is 0 Å². The molecule has 0 aliphatic rings. The van der Waals surface area contributed by atoms with Gasteiger partial charge < -0.3 is 15.4 Å². The van der Waals surface area contributed by atoms with Crippen LogP contribution in [0.25, 0.3) is 0 Å². The van der Waals surface area contributed by atoms with E-state index in [1.54, 1.807) is 0 Å². The Morgan fingerprint density at radius 2 is 1.58 bits per heavy atom. The van der Waals surface area contributed by atoms with Crippen molar-refractivity contribution < 1.29 is 64.3 Å². The molecular formula is C3H7NO6Zn2+4. The number of aliphatic carboxylic acids is 1. The first-order valence-corrected chi connectivity index (χ1v) is 2.12. The van der Waals surface area contributed by atoms with Crippen LogP contribution in [0.3, 0.4) is 0 Å². The van der Waals surface area contributed by atoms with E-state index in [2.05, 4.69) is 0 Å². The van der Waals surface area contributed by atoms with Gasteiger partial charge in [0.25, 0.3) is 5.09 Å². The van der Waals surface area contributed by atoms with E-state index in [4.69, 9.17) is 25.5 Å². The van der Waals surface area contributed by atoms with Gasteiger partial charge >= 0.3 is 44.9 Å². The summed E-state index contributed by atoms with van der Waals surface area (Å²) in [6.45, 7) is 1.20. The summed E-state index contributed by atoms with van der Waals surface area (Å²) >= 11 is 0. The Balaban J connectivity index is -0.0000000483. The molecule has 0 bridgehead atoms. The van der Waals surface area contributed by atoms with Crippen LogP contribution in [-0.4, -0.2) is 32.6 Å². The number of aliphatic hydroxyl groups excluding tert-OH is 1. The van der Waals surface area contributed by atoms with E-state index in [0.29, 0.717) is 0 Å². The number of rotatable bonds is 1. The van der Waals surface area contributed by atoms with Gasteiger partial charge in [-0.05, 0) is 6.92 Å². The first-order chi connectivity index (χ1) is 4.37. The maximum atomic E-state index is 9.45. The minimum atomic E-state index is -1.50. The molecule has 1 atom stereocenters. The molecule has 0 spiro atoms. The fourth-order valence-corrected chi connectivity index (χ4v) is 0. The van der Waals surface area contributed by atoms with Crippen molar-refractivity contribution in [2.24, 2.45) is 0 Å². The molecule has 60 valence electrons. The van der Waals surface area contributed by atoms with Gasteiger partial charge in [-0.1, -0.05) is 0 Å². The summed E-state index contributed by atoms with van der Waals surface area (Å²) in [6, 6.07) is 0. The Kier molecular flexibility index (Phi) is 25.4. The molecule has 0 radical (unpaired) electrons. The number of hydrogen-bond donors (Lipinski definition) is 3. The quantitative estimate of drug-likeness (QED) is 0.326. The van der Waals surface area contributed by atoms with Crippen molar-refractivity contribution in [2.45, 2.75) is 13.0 Å². The summed E-state index contributed by atoms with van der Waals surface area (Å²) < 4.78 is 0. The maximum absolute atomic E-state index is 9.45. The summed E-state index contributed by atoms with van der Waals surface area (Å²) in [5, 5.41) is 29.4. The second kappa shape index (κ2) is 13.5. The van der Waals surface area contributed by atoms with Gasteiger partial charge in [-0.2, -0.15) is 0 Å². The third-order valence-electron chi connectivity index (χ3n) is 0.357. The SMILES string of the molecule is CC(O)C(=O)O.O=[N+]([O-])O.[Zn+2].[Zn+2]. The third-order valence-corrected chi connectivity index (χ3v) is 0.357. The van der Waals surface area contributed by atoms with Crippen molar-refractivity contribution in [3.05, 3.63) is 10.1 Å². The molecule has 7 nitrogen and oxygen atoms in total. The van der Waals surface area contributed by atoms with Crippen LogP contribution in [0.15, 0.2) is 0 Å². The van der Waals surface area contributed by atoms with Crippen LogP contribution >= 0.6 is 0 Å². The van der Waals surface area contributed by atoms with Crippen molar-refractivity contribution in [2.75, 3.05) is 0 Å². The maximum Gasteiger partial charge on any atom is 2.00 e. The summed E-state index contributed by atoms with van der Waals surface area (Å²) in [5.74, 6) is -1.19. The molecule has 0 heterocycles. The van der Waals surface area contributed by atoms with Gasteiger partial charge in [0, 0.05) is 0 Å². The van der Waals surface area contributed by atoms with Gasteiger partial charge in [-0.15, -0.1) is 10.1 Å². The molecule has 0 aliphatic heterocycles. The number of aliphatic hydroxyl groups is 1. The Morgan fingerprint density at radius 1 is 1.50 bits per heavy atom. The first kappa shape index (κ1) is 22.6. The standard InChI is InChI=1S/C3H6O3.HNO3.2Zn/c1-2(4)3(5)6;2-1(3)4;;/h2,4H,1H3,(H,5,6);(H,2,3,4);;/q;;2*+2. The predicted octanol–water partition coefficient (Wildman–Crippen LogP) is -0.901. The van der Waals surface area contributed by atoms with E-state index in [1.165, 1.54) is 6.92 Å². The van der Waals surface area contributed by atoms with Crippen molar-refractivity contribution in [3.8, 4) is 0 Å². The molecule has 0 aromatic rings. The van der Waals surface area contributed by atoms with E-state index < -0.39 is 17.2 Å². The molecule has 12 heavy (non-hydrogen) atoms. The molecule has 0 aromatic carbocycles. The van der Waals surface area contributed by atoms with Gasteiger partial charge in [0.05, 0.1) is 0 Å². The fourth-order valence-electron chi connectivity index (χ4n) is 0. The molecule has 0 saturated carbocycles. The Hall–Kier alpha value is -0.123. The summed E-state index contributed by atoms with van der Waals surface area (Å²) in [7, 11) is 0. The van der Waals surface area contributed by atoms with Crippen LogP contribution in [0.2, 0.25) is 0 Å². The van der Waals surface area contributed by atoms with E-state index in [0.717, 1.165) is 0 Å². The van der Waals surface area contributed by atoms with Crippen LogP contribution < -0.4 is 0 Å². The number of carbonyl (C=O) groups is 1. The van der Waals surface area contributed by atoms with Crippen molar-refractivity contribution in [3.63, 3.8) is 0 Å². The number of carboxylic acids is 1. The van der Waals surface area contributed by atoms with E-state index >= 15 is 0 Å². The topological polar surface area (TPSA) is 121 Å². The number of nitrogens with zero attached hydrogens (tertiary/aromatic N) is 1. The fraction of sp³-hybridized carbons (Fsp3) is 0.667. The summed E-state index contributed by atoms with van der Waals surface area (Å²) in [5.41, 5.74) is 0. The zero-order valence-corrected chi connectivity index (χ0v) is 12.4. The smallest absolute Gasteiger partial charge is 0.479 e. The molecule has 3 N–H and O–H groups in total. The molecule has 0 fully saturated rings. The van der Waals surface area contributed by atoms with E-state index in [-0.39, 0.29) is 39.0 Å². The molecule has 0 aliphatic carbocycles. The second-order valence-corrected chi connectivity index (χ2v) is 1.25. The Bertz CT molecular complexity index is 124. The normalized spacial score (nSPS) is 8.83. The molecule has 0 aromatic heterocycles. The van der Waals surface area contributed by atoms with E-state index in [9.17, 15) is 4.79 Å². The Labute approximate surface area is 93.4 Å². The van der Waals surface area contributed by atoms with Gasteiger partial charge in [-0.3, -0.25) is 0 Å². The first-order valence-electron chi connectivity index (χ1n) is 2.12. The van der Waals surface area contributed by atoms with Crippen molar-refractivity contribution in [1.82, 2.24) is 0 Å². The van der Waals surface area contributed by atoms with Gasteiger partial charge in [0.2, 0.25) is 0 Å². The van der Waals surface area contributed by atoms with E-state index in [1.807, 2.05) is 0 Å². The average Bonchev–Trinajstić information content (AvgIpc) is 1.63. The molecule has 1 unspecified atom stereocenters. The van der Waals surface area contributed by atoms with Crippen LogP contribution in [-0.2, 0) is 43.8 Å². The minimum absolute atomic E-state index is 0. The number of carboxylic acid groups (broad SMARTS) is 1. The van der Waals surface area contributed by atoms with Gasteiger partial charge in [0.15, 0.2) is 0 Å². The average molecular weight is 284 g/mol.